The predicted molar refractivity (Wildman–Crippen MR) is 48.6 cm³/mol. The monoisotopic (exact) mass is 197 g/mol. The highest BCUT2D eigenvalue weighted by Gasteiger charge is 2.33. The molecule has 1 aromatic carbocycles. The zero-order valence-corrected chi connectivity index (χ0v) is 7.89. The Morgan fingerprint density at radius 2 is 2.07 bits per heavy atom. The molecule has 2 rings (SSSR count). The van der Waals surface area contributed by atoms with E-state index in [1.807, 2.05) is 0 Å². The van der Waals surface area contributed by atoms with Crippen LogP contribution in [0.1, 0.15) is 24.3 Å². The molecule has 14 heavy (non-hydrogen) atoms. The number of hydrogen-bond acceptors (Lipinski definition) is 1. The predicted octanol–water partition coefficient (Wildman–Crippen LogP) is 3.02. The van der Waals surface area contributed by atoms with Gasteiger partial charge in [0.1, 0.15) is 6.10 Å². The van der Waals surface area contributed by atoms with Crippen molar-refractivity contribution in [3.05, 3.63) is 41.5 Å². The standard InChI is InChI=1S/C11H11F2O/c1-14-11-5-3-8(11)7-2-4-9(12)10(13)6-7/h2,4,6,8H,3,5H2,1H3. The largest absolute Gasteiger partial charge is 0.375 e. The second-order valence-corrected chi connectivity index (χ2v) is 3.44. The van der Waals surface area contributed by atoms with Crippen molar-refractivity contribution >= 4 is 0 Å². The summed E-state index contributed by atoms with van der Waals surface area (Å²) in [6, 6.07) is 4.02. The Labute approximate surface area is 81.7 Å². The van der Waals surface area contributed by atoms with Crippen LogP contribution in [0.2, 0.25) is 0 Å². The minimum Gasteiger partial charge on any atom is -0.375 e. The molecule has 1 aromatic rings. The van der Waals surface area contributed by atoms with Gasteiger partial charge in [0.25, 0.3) is 0 Å². The van der Waals surface area contributed by atoms with Gasteiger partial charge >= 0.3 is 0 Å². The second kappa shape index (κ2) is 3.65. The third kappa shape index (κ3) is 1.52. The minimum atomic E-state index is -0.799. The van der Waals surface area contributed by atoms with Crippen molar-refractivity contribution < 1.29 is 13.5 Å². The third-order valence-corrected chi connectivity index (χ3v) is 2.68. The number of methoxy groups -OCH3 is 1. The van der Waals surface area contributed by atoms with E-state index in [2.05, 4.69) is 0 Å². The number of halogens is 2. The summed E-state index contributed by atoms with van der Waals surface area (Å²) in [7, 11) is 1.61. The molecule has 1 unspecified atom stereocenters. The zero-order valence-electron chi connectivity index (χ0n) is 7.89. The van der Waals surface area contributed by atoms with Gasteiger partial charge in [-0.3, -0.25) is 0 Å². The van der Waals surface area contributed by atoms with Crippen LogP contribution in [0.5, 0.6) is 0 Å². The molecule has 0 aromatic heterocycles. The van der Waals surface area contributed by atoms with Gasteiger partial charge in [0.05, 0.1) is 0 Å². The summed E-state index contributed by atoms with van der Waals surface area (Å²) < 4.78 is 30.7. The molecule has 1 radical (unpaired) electrons. The van der Waals surface area contributed by atoms with Gasteiger partial charge in [0.2, 0.25) is 0 Å². The van der Waals surface area contributed by atoms with E-state index in [1.54, 1.807) is 13.2 Å². The lowest BCUT2D eigenvalue weighted by Crippen LogP contribution is -2.23. The van der Waals surface area contributed by atoms with E-state index in [-0.39, 0.29) is 5.92 Å². The average Bonchev–Trinajstić information content (AvgIpc) is 2.10. The first-order valence-electron chi connectivity index (χ1n) is 4.57. The summed E-state index contributed by atoms with van der Waals surface area (Å²) in [4.78, 5) is 0. The summed E-state index contributed by atoms with van der Waals surface area (Å²) in [5.41, 5.74) is 0.798. The van der Waals surface area contributed by atoms with Gasteiger partial charge in [-0.2, -0.15) is 0 Å². The van der Waals surface area contributed by atoms with Crippen LogP contribution in [-0.4, -0.2) is 7.11 Å². The summed E-state index contributed by atoms with van der Waals surface area (Å²) in [6.45, 7) is 0. The van der Waals surface area contributed by atoms with E-state index >= 15 is 0 Å². The fourth-order valence-electron chi connectivity index (χ4n) is 1.73. The van der Waals surface area contributed by atoms with Crippen molar-refractivity contribution in [3.8, 4) is 0 Å². The molecule has 0 aliphatic heterocycles. The maximum Gasteiger partial charge on any atom is 0.159 e. The Hall–Kier alpha value is -0.960. The topological polar surface area (TPSA) is 9.23 Å². The fraction of sp³-hybridized carbons (Fsp3) is 0.364. The smallest absolute Gasteiger partial charge is 0.159 e. The molecule has 3 heteroatoms. The van der Waals surface area contributed by atoms with Crippen LogP contribution in [-0.2, 0) is 4.74 Å². The number of hydrogen-bond donors (Lipinski definition) is 0. The lowest BCUT2D eigenvalue weighted by molar-refractivity contribution is 0.119. The normalized spacial score (nSPS) is 22.1. The molecule has 0 spiro atoms. The molecule has 75 valence electrons. The highest BCUT2D eigenvalue weighted by molar-refractivity contribution is 5.29. The molecule has 1 aliphatic rings. The van der Waals surface area contributed by atoms with E-state index in [1.165, 1.54) is 6.07 Å². The van der Waals surface area contributed by atoms with Crippen molar-refractivity contribution in [2.24, 2.45) is 0 Å². The molecule has 1 atom stereocenters. The second-order valence-electron chi connectivity index (χ2n) is 3.44. The lowest BCUT2D eigenvalue weighted by atomic mass is 9.77. The van der Waals surface area contributed by atoms with E-state index in [0.29, 0.717) is 0 Å². The van der Waals surface area contributed by atoms with Crippen molar-refractivity contribution in [1.29, 1.82) is 0 Å². The minimum absolute atomic E-state index is 0.148. The summed E-state index contributed by atoms with van der Waals surface area (Å²) >= 11 is 0. The molecule has 0 heterocycles. The lowest BCUT2D eigenvalue weighted by Gasteiger charge is -2.34. The maximum absolute atomic E-state index is 12.9. The van der Waals surface area contributed by atoms with E-state index in [4.69, 9.17) is 4.74 Å². The fourth-order valence-corrected chi connectivity index (χ4v) is 1.73. The Bertz CT molecular complexity index is 336. The van der Waals surface area contributed by atoms with Gasteiger partial charge in [-0.25, -0.2) is 8.78 Å². The molecule has 1 nitrogen and oxygen atoms in total. The van der Waals surface area contributed by atoms with Crippen molar-refractivity contribution in [2.45, 2.75) is 18.8 Å². The van der Waals surface area contributed by atoms with Gasteiger partial charge < -0.3 is 4.74 Å². The third-order valence-electron chi connectivity index (χ3n) is 2.68. The number of ether oxygens (including phenoxy) is 1. The van der Waals surface area contributed by atoms with E-state index in [0.717, 1.165) is 30.6 Å². The molecule has 1 saturated carbocycles. The molecular weight excluding hydrogens is 186 g/mol. The molecule has 0 saturated heterocycles. The van der Waals surface area contributed by atoms with Crippen LogP contribution in [0.3, 0.4) is 0 Å². The van der Waals surface area contributed by atoms with Gasteiger partial charge in [0.15, 0.2) is 11.6 Å². The van der Waals surface area contributed by atoms with Gasteiger partial charge in [-0.05, 0) is 30.5 Å². The van der Waals surface area contributed by atoms with E-state index < -0.39 is 11.6 Å². The first-order chi connectivity index (χ1) is 6.72. The first-order valence-corrected chi connectivity index (χ1v) is 4.57. The van der Waals surface area contributed by atoms with Crippen LogP contribution in [0.4, 0.5) is 8.78 Å². The Morgan fingerprint density at radius 3 is 2.57 bits per heavy atom. The molecular formula is C11H11F2O. The van der Waals surface area contributed by atoms with Crippen LogP contribution in [0, 0.1) is 17.7 Å². The summed E-state index contributed by atoms with van der Waals surface area (Å²) in [5, 5.41) is 0. The van der Waals surface area contributed by atoms with Crippen LogP contribution in [0.25, 0.3) is 0 Å². The highest BCUT2D eigenvalue weighted by atomic mass is 19.2. The quantitative estimate of drug-likeness (QED) is 0.708. The molecule has 1 fully saturated rings. The van der Waals surface area contributed by atoms with Gasteiger partial charge in [-0.1, -0.05) is 6.07 Å². The average molecular weight is 197 g/mol. The SMILES string of the molecule is CO[C]1CCC1c1ccc(F)c(F)c1. The Kier molecular flexibility index (Phi) is 2.50. The molecule has 0 bridgehead atoms. The summed E-state index contributed by atoms with van der Waals surface area (Å²) in [5.74, 6) is -1.44. The highest BCUT2D eigenvalue weighted by Crippen LogP contribution is 2.44. The van der Waals surface area contributed by atoms with Crippen LogP contribution in [0.15, 0.2) is 18.2 Å². The molecule has 1 aliphatic carbocycles. The van der Waals surface area contributed by atoms with Gasteiger partial charge in [-0.15, -0.1) is 0 Å². The number of rotatable bonds is 2. The number of benzene rings is 1. The van der Waals surface area contributed by atoms with Crippen LogP contribution >= 0.6 is 0 Å². The summed E-state index contributed by atoms with van der Waals surface area (Å²) in [6.07, 6.45) is 2.82. The Balaban J connectivity index is 2.20. The van der Waals surface area contributed by atoms with Crippen molar-refractivity contribution in [3.63, 3.8) is 0 Å². The maximum atomic E-state index is 12.9. The van der Waals surface area contributed by atoms with Crippen molar-refractivity contribution in [1.82, 2.24) is 0 Å². The zero-order chi connectivity index (χ0) is 10.1. The Morgan fingerprint density at radius 1 is 1.29 bits per heavy atom. The molecule has 0 amide bonds. The van der Waals surface area contributed by atoms with Gasteiger partial charge in [0, 0.05) is 13.0 Å². The molecule has 0 N–H and O–H groups in total. The van der Waals surface area contributed by atoms with E-state index in [9.17, 15) is 8.78 Å². The van der Waals surface area contributed by atoms with Crippen molar-refractivity contribution in [2.75, 3.05) is 7.11 Å². The van der Waals surface area contributed by atoms with Crippen LogP contribution < -0.4 is 0 Å². The first kappa shape index (κ1) is 9.59.